The zero-order chi connectivity index (χ0) is 10.4. The van der Waals surface area contributed by atoms with Gasteiger partial charge in [0.05, 0.1) is 0 Å². The van der Waals surface area contributed by atoms with E-state index in [2.05, 4.69) is 31.2 Å². The van der Waals surface area contributed by atoms with Crippen LogP contribution in [0, 0.1) is 0 Å². The van der Waals surface area contributed by atoms with Crippen LogP contribution in [0.2, 0.25) is 5.32 Å². The zero-order valence-corrected chi connectivity index (χ0v) is 10.6. The summed E-state index contributed by atoms with van der Waals surface area (Å²) < 4.78 is 1.37. The molecular weight excluding hydrogens is 239 g/mol. The molecule has 1 nitrogen and oxygen atoms in total. The Morgan fingerprint density at radius 1 is 1.29 bits per heavy atom. The van der Waals surface area contributed by atoms with Crippen molar-refractivity contribution in [1.82, 2.24) is 0 Å². The van der Waals surface area contributed by atoms with Gasteiger partial charge >= 0.3 is 92.5 Å². The molecule has 0 aliphatic carbocycles. The van der Waals surface area contributed by atoms with Crippen molar-refractivity contribution in [3.63, 3.8) is 0 Å². The molecule has 14 heavy (non-hydrogen) atoms. The molecule has 0 aliphatic rings. The fourth-order valence-electron chi connectivity index (χ4n) is 1.37. The molecule has 1 atom stereocenters. The van der Waals surface area contributed by atoms with E-state index in [1.54, 1.807) is 0 Å². The molecule has 78 valence electrons. The Labute approximate surface area is 92.7 Å². The molecule has 1 aromatic carbocycles. The van der Waals surface area contributed by atoms with Crippen molar-refractivity contribution in [3.05, 3.63) is 30.3 Å². The van der Waals surface area contributed by atoms with Crippen molar-refractivity contribution >= 4 is 19.4 Å². The second kappa shape index (κ2) is 5.55. The Kier molecular flexibility index (Phi) is 4.67. The summed E-state index contributed by atoms with van der Waals surface area (Å²) in [6.07, 6.45) is 1.96. The van der Waals surface area contributed by atoms with Crippen LogP contribution in [0.3, 0.4) is 0 Å². The van der Waals surface area contributed by atoms with E-state index in [-0.39, 0.29) is 0 Å². The van der Waals surface area contributed by atoms with Crippen molar-refractivity contribution in [2.45, 2.75) is 37.6 Å². The van der Waals surface area contributed by atoms with Crippen LogP contribution >= 0.6 is 0 Å². The Hall–Kier alpha value is -0.301. The van der Waals surface area contributed by atoms with E-state index in [4.69, 9.17) is 0 Å². The quantitative estimate of drug-likeness (QED) is 0.800. The van der Waals surface area contributed by atoms with E-state index in [0.29, 0.717) is 15.0 Å². The van der Waals surface area contributed by atoms with Gasteiger partial charge < -0.3 is 0 Å². The van der Waals surface area contributed by atoms with Crippen LogP contribution in [0.15, 0.2) is 30.3 Å². The van der Waals surface area contributed by atoms with Crippen LogP contribution in [0.1, 0.15) is 26.7 Å². The van der Waals surface area contributed by atoms with Gasteiger partial charge in [-0.3, -0.25) is 0 Å². The van der Waals surface area contributed by atoms with Gasteiger partial charge in [-0.15, -0.1) is 0 Å². The van der Waals surface area contributed by atoms with Crippen LogP contribution in [-0.2, 0) is 0 Å². The summed E-state index contributed by atoms with van der Waals surface area (Å²) in [4.78, 5) is 0. The third-order valence-electron chi connectivity index (χ3n) is 2.08. The van der Waals surface area contributed by atoms with Crippen molar-refractivity contribution in [3.8, 4) is 0 Å². The topological polar surface area (TPSA) is 20.2 Å². The van der Waals surface area contributed by atoms with Gasteiger partial charge in [-0.2, -0.15) is 0 Å². The first-order chi connectivity index (χ1) is 6.64. The molecule has 1 aromatic rings. The fourth-order valence-corrected chi connectivity index (χ4v) is 3.40. The van der Waals surface area contributed by atoms with Gasteiger partial charge in [0, 0.05) is 0 Å². The normalized spacial score (nSPS) is 15.1. The molecule has 0 aliphatic heterocycles. The van der Waals surface area contributed by atoms with E-state index in [1.807, 2.05) is 13.0 Å². The Balaban J connectivity index is 2.40. The summed E-state index contributed by atoms with van der Waals surface area (Å²) in [6.45, 7) is 4.06. The van der Waals surface area contributed by atoms with Gasteiger partial charge in [0.15, 0.2) is 0 Å². The number of aliphatic hydroxyl groups is 1. The van der Waals surface area contributed by atoms with Gasteiger partial charge in [0.1, 0.15) is 0 Å². The van der Waals surface area contributed by atoms with Crippen molar-refractivity contribution in [2.24, 2.45) is 0 Å². The summed E-state index contributed by atoms with van der Waals surface area (Å²) in [5.74, 6) is 0. The number of hydrogen-bond acceptors (Lipinski definition) is 1. The molecule has 1 unspecified atom stereocenters. The van der Waals surface area contributed by atoms with E-state index in [1.165, 1.54) is 4.46 Å². The average Bonchev–Trinajstić information content (AvgIpc) is 2.17. The summed E-state index contributed by atoms with van der Waals surface area (Å²) in [5.41, 5.74) is -0.468. The molecule has 0 amide bonds. The SMILES string of the molecule is CCCC(C)(O)C[Se]c1ccccc1. The van der Waals surface area contributed by atoms with Crippen molar-refractivity contribution in [1.29, 1.82) is 0 Å². The summed E-state index contributed by atoms with van der Waals surface area (Å²) in [6, 6.07) is 10.4. The first kappa shape index (κ1) is 11.8. The summed E-state index contributed by atoms with van der Waals surface area (Å²) in [7, 11) is 0. The summed E-state index contributed by atoms with van der Waals surface area (Å²) >= 11 is 0.403. The number of benzene rings is 1. The molecule has 1 N–H and O–H groups in total. The molecule has 0 aromatic heterocycles. The van der Waals surface area contributed by atoms with Gasteiger partial charge in [-0.25, -0.2) is 0 Å². The molecule has 2 heteroatoms. The van der Waals surface area contributed by atoms with Gasteiger partial charge in [-0.1, -0.05) is 0 Å². The van der Waals surface area contributed by atoms with Crippen LogP contribution in [-0.4, -0.2) is 25.7 Å². The number of hydrogen-bond donors (Lipinski definition) is 1. The van der Waals surface area contributed by atoms with Crippen LogP contribution in [0.4, 0.5) is 0 Å². The van der Waals surface area contributed by atoms with Crippen LogP contribution in [0.5, 0.6) is 0 Å². The Bertz CT molecular complexity index is 256. The molecule has 0 heterocycles. The third kappa shape index (κ3) is 4.28. The molecule has 1 rings (SSSR count). The second-order valence-electron chi connectivity index (χ2n) is 3.85. The molecule has 0 fully saturated rings. The molecule has 0 bridgehead atoms. The predicted molar refractivity (Wildman–Crippen MR) is 62.2 cm³/mol. The standard InChI is InChI=1S/C12H18OSe/c1-3-9-12(2,13)10-14-11-7-5-4-6-8-11/h4-8,13H,3,9-10H2,1-2H3. The van der Waals surface area contributed by atoms with E-state index >= 15 is 0 Å². The van der Waals surface area contributed by atoms with Crippen molar-refractivity contribution in [2.75, 3.05) is 0 Å². The molecular formula is C12H18OSe. The van der Waals surface area contributed by atoms with E-state index < -0.39 is 5.60 Å². The second-order valence-corrected chi connectivity index (χ2v) is 6.05. The minimum absolute atomic E-state index is 0.403. The monoisotopic (exact) mass is 258 g/mol. The number of rotatable bonds is 5. The van der Waals surface area contributed by atoms with Gasteiger partial charge in [0.25, 0.3) is 0 Å². The predicted octanol–water partition coefficient (Wildman–Crippen LogP) is 1.99. The van der Waals surface area contributed by atoms with E-state index in [9.17, 15) is 5.11 Å². The minimum atomic E-state index is -0.468. The van der Waals surface area contributed by atoms with Gasteiger partial charge in [-0.05, 0) is 0 Å². The summed E-state index contributed by atoms with van der Waals surface area (Å²) in [5, 5.41) is 10.9. The third-order valence-corrected chi connectivity index (χ3v) is 4.96. The van der Waals surface area contributed by atoms with Crippen molar-refractivity contribution < 1.29 is 5.11 Å². The molecule has 0 radical (unpaired) electrons. The zero-order valence-electron chi connectivity index (χ0n) is 8.86. The fraction of sp³-hybridized carbons (Fsp3) is 0.500. The van der Waals surface area contributed by atoms with Gasteiger partial charge in [0.2, 0.25) is 0 Å². The Morgan fingerprint density at radius 3 is 2.50 bits per heavy atom. The maximum absolute atomic E-state index is 9.99. The Morgan fingerprint density at radius 2 is 1.93 bits per heavy atom. The average molecular weight is 257 g/mol. The molecule has 0 saturated carbocycles. The van der Waals surface area contributed by atoms with E-state index in [0.717, 1.165) is 18.2 Å². The van der Waals surface area contributed by atoms with Crippen LogP contribution < -0.4 is 4.46 Å². The molecule has 0 spiro atoms. The maximum atomic E-state index is 9.99. The first-order valence-corrected chi connectivity index (χ1v) is 7.11. The van der Waals surface area contributed by atoms with Crippen LogP contribution in [0.25, 0.3) is 0 Å². The first-order valence-electron chi connectivity index (χ1n) is 5.04. The molecule has 0 saturated heterocycles.